The largest absolute Gasteiger partial charge is 0.322 e. The molecule has 4 aromatic carbocycles. The third kappa shape index (κ3) is 16.3. The number of anilines is 4. The molecule has 4 saturated carbocycles. The third-order valence-electron chi connectivity index (χ3n) is 22.6. The lowest BCUT2D eigenvalue weighted by molar-refractivity contribution is 0.181. The van der Waals surface area contributed by atoms with Crippen molar-refractivity contribution in [3.05, 3.63) is 186 Å². The fourth-order valence-electron chi connectivity index (χ4n) is 16.7. The van der Waals surface area contributed by atoms with Crippen LogP contribution in [-0.2, 0) is 51.9 Å². The van der Waals surface area contributed by atoms with Gasteiger partial charge in [-0.15, -0.1) is 0 Å². The van der Waals surface area contributed by atoms with Gasteiger partial charge in [0.25, 0.3) is 0 Å². The first-order valence-corrected chi connectivity index (χ1v) is 37.6. The van der Waals surface area contributed by atoms with Crippen LogP contribution in [0.3, 0.4) is 0 Å². The summed E-state index contributed by atoms with van der Waals surface area (Å²) < 4.78 is 40.2. The van der Waals surface area contributed by atoms with Gasteiger partial charge in [0, 0.05) is 141 Å². The zero-order valence-electron chi connectivity index (χ0n) is 60.3. The van der Waals surface area contributed by atoms with Gasteiger partial charge in [0.05, 0.1) is 59.5 Å². The number of fused-ring (bicyclic) bond motifs is 4. The molecular weight excluding hydrogens is 1340 g/mol. The molecule has 8 N–H and O–H groups in total. The minimum absolute atomic E-state index is 0.00451. The molecule has 21 nitrogen and oxygen atoms in total. The number of rotatable bonds is 8. The highest BCUT2D eigenvalue weighted by molar-refractivity contribution is 6.31. The van der Waals surface area contributed by atoms with E-state index >= 15 is 0 Å². The molecule has 4 atom stereocenters. The molecule has 8 amide bonds. The summed E-state index contributed by atoms with van der Waals surface area (Å²) in [5.74, 6) is 0.718. The summed E-state index contributed by atoms with van der Waals surface area (Å²) in [6, 6.07) is 22.3. The van der Waals surface area contributed by atoms with Crippen LogP contribution in [0.4, 0.5) is 55.1 Å². The van der Waals surface area contributed by atoms with Crippen molar-refractivity contribution in [1.82, 2.24) is 60.4 Å². The van der Waals surface area contributed by atoms with Gasteiger partial charge >= 0.3 is 24.1 Å². The first kappa shape index (κ1) is 72.7. The van der Waals surface area contributed by atoms with Gasteiger partial charge in [-0.2, -0.15) is 25.7 Å². The van der Waals surface area contributed by atoms with Gasteiger partial charge in [0.15, 0.2) is 0 Å². The Morgan fingerprint density at radius 1 is 0.433 bits per heavy atom. The van der Waals surface area contributed by atoms with Gasteiger partial charge in [-0.1, -0.05) is 75.1 Å². The first-order valence-electron chi connectivity index (χ1n) is 37.3. The second-order valence-electron chi connectivity index (χ2n) is 29.9. The van der Waals surface area contributed by atoms with Crippen LogP contribution in [0.15, 0.2) is 78.9 Å². The molecule has 8 heterocycles. The first-order chi connectivity index (χ1) is 50.2. The fourth-order valence-corrected chi connectivity index (χ4v) is 16.9. The number of nitriles is 1. The molecule has 4 aliphatic heterocycles. The Kier molecular flexibility index (Phi) is 22.5. The highest BCUT2D eigenvalue weighted by Crippen LogP contribution is 2.42. The van der Waals surface area contributed by atoms with Crippen molar-refractivity contribution in [2.75, 3.05) is 21.3 Å². The van der Waals surface area contributed by atoms with Crippen LogP contribution in [0.2, 0.25) is 5.02 Å². The zero-order chi connectivity index (χ0) is 72.9. The monoisotopic (exact) mass is 1440 g/mol. The molecule has 0 bridgehead atoms. The number of aromatic amines is 4. The Bertz CT molecular complexity index is 4320. The zero-order valence-corrected chi connectivity index (χ0v) is 61.0. The second kappa shape index (κ2) is 32.2. The number of aryl methyl sites for hydroxylation is 2. The molecular formula is C79H95ClF3N17O4. The van der Waals surface area contributed by atoms with Crippen molar-refractivity contribution in [2.45, 2.75) is 244 Å². The number of halogens is 4. The van der Waals surface area contributed by atoms with Crippen LogP contribution in [0.5, 0.6) is 0 Å². The summed E-state index contributed by atoms with van der Waals surface area (Å²) in [4.78, 5) is 58.7. The van der Waals surface area contributed by atoms with Crippen LogP contribution in [0, 0.1) is 42.6 Å². The molecule has 4 unspecified atom stereocenters. The van der Waals surface area contributed by atoms with Crippen molar-refractivity contribution in [2.24, 2.45) is 0 Å². The van der Waals surface area contributed by atoms with Crippen molar-refractivity contribution in [1.29, 1.82) is 5.26 Å². The van der Waals surface area contributed by atoms with Gasteiger partial charge in [-0.3, -0.25) is 20.4 Å². The third-order valence-corrected chi connectivity index (χ3v) is 22.9. The lowest BCUT2D eigenvalue weighted by Crippen LogP contribution is -2.45. The van der Waals surface area contributed by atoms with Crippen molar-refractivity contribution >= 4 is 58.5 Å². The Morgan fingerprint density at radius 2 is 0.740 bits per heavy atom. The van der Waals surface area contributed by atoms with E-state index in [1.807, 2.05) is 59.7 Å². The van der Waals surface area contributed by atoms with Gasteiger partial charge in [0.2, 0.25) is 0 Å². The summed E-state index contributed by atoms with van der Waals surface area (Å²) in [5, 5.41) is 51.7. The van der Waals surface area contributed by atoms with Crippen LogP contribution in [0.25, 0.3) is 0 Å². The Morgan fingerprint density at radius 3 is 1.06 bits per heavy atom. The molecule has 0 spiro atoms. The van der Waals surface area contributed by atoms with Crippen molar-refractivity contribution in [3.8, 4) is 6.07 Å². The number of hydrogen-bond acceptors (Lipinski definition) is 9. The number of hydrogen-bond donors (Lipinski definition) is 8. The van der Waals surface area contributed by atoms with Crippen molar-refractivity contribution in [3.63, 3.8) is 0 Å². The number of nitrogens with zero attached hydrogens (tertiary/aromatic N) is 9. The molecule has 4 aromatic heterocycles. The molecule has 16 rings (SSSR count). The number of carbonyl (C=O) groups excluding carboxylic acids is 4. The topological polar surface area (TPSA) is 268 Å². The molecule has 548 valence electrons. The molecule has 4 aliphatic carbocycles. The number of benzene rings is 4. The average molecular weight is 1440 g/mol. The molecule has 25 heteroatoms. The fraction of sp³-hybridized carbons (Fsp3) is 0.481. The van der Waals surface area contributed by atoms with Crippen LogP contribution in [-0.4, -0.2) is 109 Å². The molecule has 4 fully saturated rings. The minimum Gasteiger partial charge on any atom is -0.317 e. The normalized spacial score (nSPS) is 20.2. The van der Waals surface area contributed by atoms with Gasteiger partial charge in [-0.25, -0.2) is 32.3 Å². The van der Waals surface area contributed by atoms with Crippen LogP contribution in [0.1, 0.15) is 239 Å². The lowest BCUT2D eigenvalue weighted by atomic mass is 9.93. The van der Waals surface area contributed by atoms with E-state index < -0.39 is 11.6 Å². The van der Waals surface area contributed by atoms with E-state index in [1.54, 1.807) is 30.0 Å². The van der Waals surface area contributed by atoms with Gasteiger partial charge in [0.1, 0.15) is 23.5 Å². The molecule has 0 saturated heterocycles. The van der Waals surface area contributed by atoms with E-state index in [1.165, 1.54) is 166 Å². The summed E-state index contributed by atoms with van der Waals surface area (Å²) in [6.07, 6.45) is 22.7. The predicted molar refractivity (Wildman–Crippen MR) is 395 cm³/mol. The van der Waals surface area contributed by atoms with E-state index in [0.717, 1.165) is 83.8 Å². The van der Waals surface area contributed by atoms with E-state index in [4.69, 9.17) is 16.9 Å². The highest BCUT2D eigenvalue weighted by atomic mass is 35.5. The Hall–Kier alpha value is -9.63. The average Bonchev–Trinajstić information content (AvgIpc) is 1.55. The second-order valence-corrected chi connectivity index (χ2v) is 30.3. The summed E-state index contributed by atoms with van der Waals surface area (Å²) in [5.41, 5.74) is 18.0. The van der Waals surface area contributed by atoms with Crippen molar-refractivity contribution < 1.29 is 32.3 Å². The van der Waals surface area contributed by atoms with E-state index in [9.17, 15) is 32.3 Å². The summed E-state index contributed by atoms with van der Waals surface area (Å²) >= 11 is 5.81. The lowest BCUT2D eigenvalue weighted by Gasteiger charge is -2.33. The Labute approximate surface area is 610 Å². The maximum atomic E-state index is 13.5. The number of urea groups is 4. The van der Waals surface area contributed by atoms with E-state index in [-0.39, 0.29) is 64.7 Å². The molecule has 8 aromatic rings. The number of amides is 8. The van der Waals surface area contributed by atoms with E-state index in [0.29, 0.717) is 72.5 Å². The highest BCUT2D eigenvalue weighted by Gasteiger charge is 2.38. The molecule has 104 heavy (non-hydrogen) atoms. The van der Waals surface area contributed by atoms with Crippen LogP contribution >= 0.6 is 11.6 Å². The smallest absolute Gasteiger partial charge is 0.317 e. The number of carbonyl (C=O) groups is 4. The summed E-state index contributed by atoms with van der Waals surface area (Å²) in [7, 11) is 0. The maximum Gasteiger partial charge on any atom is 0.322 e. The SMILES string of the molecule is CC1Cc2[nH]nc(C3CCCC3)c2CN1C(=O)Nc1ccc(F)c(C#N)c1.CC1Cc2[nH]nc(C3CCCC3)c2CN1C(=O)Nc1ccc(F)c(Cl)c1.Cc1cc(NC(=O)N2Cc3c(C4CCCC4)n[nH]c3CC2C)ccc1F.Cc1cccc(NC(=O)N2Cc3c(C4CCCC4)n[nH]c3CC2C)c1. The number of H-pyrrole nitrogens is 4. The Balaban J connectivity index is 0.000000123. The van der Waals surface area contributed by atoms with Gasteiger partial charge in [-0.05, 0) is 171 Å². The maximum absolute atomic E-state index is 13.5. The minimum atomic E-state index is -0.592. The summed E-state index contributed by atoms with van der Waals surface area (Å²) in [6.45, 7) is 14.2. The quantitative estimate of drug-likeness (QED) is 0.0718. The van der Waals surface area contributed by atoms with E-state index in [2.05, 4.69) is 75.9 Å². The van der Waals surface area contributed by atoms with Crippen LogP contribution < -0.4 is 21.3 Å². The predicted octanol–water partition coefficient (Wildman–Crippen LogP) is 17.7. The van der Waals surface area contributed by atoms with Gasteiger partial charge < -0.3 is 40.9 Å². The standard InChI is InChI=1S/C20H22FN5O.C20H25FN4O.C20H26N4O.C19H22ClFN4O/c1-12-8-18-16(19(25-24-18)13-4-2-3-5-13)11-26(12)20(27)23-15-6-7-17(21)14(9-15)10-22;1-12-9-15(7-8-17(12)21)22-20(26)25-11-16-18(10-13(25)2)23-24-19(16)14-5-3-4-6-14;1-13-6-5-9-16(10-13)21-20(25)24-12-17-18(11-14(24)2)22-23-19(17)15-7-3-4-8-15;1-11-8-17-14(18(24-23-17)12-4-2-3-5-12)10-25(11)19(26)22-13-6-7-16(21)15(20)9-13/h6-7,9,12-13H,2-5,8,11H2,1H3,(H,23,27)(H,24,25);7-9,13-14H,3-6,10-11H2,1-2H3,(H,22,26)(H,23,24);5-6,9-10,14-15H,3-4,7-8,11-12H2,1-2H3,(H,21,25)(H,22,23);6-7,9,11-12H,2-5,8,10H2,1H3,(H,22,26)(H,23,24). The number of nitrogens with one attached hydrogen (secondary N) is 8. The number of aromatic nitrogens is 8. The molecule has 8 aliphatic rings. The molecule has 0 radical (unpaired) electrons.